The maximum atomic E-state index is 13.1. The first kappa shape index (κ1) is 13.7. The van der Waals surface area contributed by atoms with E-state index in [0.29, 0.717) is 5.56 Å². The molecule has 1 unspecified atom stereocenters. The van der Waals surface area contributed by atoms with Crippen molar-refractivity contribution >= 4 is 0 Å². The van der Waals surface area contributed by atoms with E-state index in [1.165, 1.54) is 11.6 Å². The molecule has 0 spiro atoms. The van der Waals surface area contributed by atoms with E-state index in [2.05, 4.69) is 12.1 Å². The number of benzene rings is 2. The molecule has 0 fully saturated rings. The summed E-state index contributed by atoms with van der Waals surface area (Å²) in [5, 5.41) is 0. The van der Waals surface area contributed by atoms with E-state index in [1.807, 2.05) is 18.2 Å². The summed E-state index contributed by atoms with van der Waals surface area (Å²) < 4.78 is 25.9. The molecule has 0 saturated heterocycles. The second-order valence-electron chi connectivity index (χ2n) is 4.66. The Morgan fingerprint density at radius 1 is 0.947 bits per heavy atom. The Bertz CT molecular complexity index is 526. The molecular formula is C16H17F2N. The number of rotatable bonds is 5. The zero-order chi connectivity index (χ0) is 13.7. The molecule has 2 aromatic carbocycles. The van der Waals surface area contributed by atoms with Crippen LogP contribution >= 0.6 is 0 Å². The SMILES string of the molecule is NC(CCCc1ccccc1)c1ccc(F)c(F)c1. The fourth-order valence-corrected chi connectivity index (χ4v) is 2.08. The van der Waals surface area contributed by atoms with Crippen LogP contribution in [0.15, 0.2) is 48.5 Å². The highest BCUT2D eigenvalue weighted by atomic mass is 19.2. The molecular weight excluding hydrogens is 244 g/mol. The van der Waals surface area contributed by atoms with E-state index in [9.17, 15) is 8.78 Å². The third-order valence-corrected chi connectivity index (χ3v) is 3.20. The van der Waals surface area contributed by atoms with Crippen molar-refractivity contribution in [3.05, 3.63) is 71.3 Å². The topological polar surface area (TPSA) is 26.0 Å². The van der Waals surface area contributed by atoms with Gasteiger partial charge in [0.15, 0.2) is 11.6 Å². The average molecular weight is 261 g/mol. The van der Waals surface area contributed by atoms with Gasteiger partial charge in [-0.05, 0) is 42.5 Å². The third-order valence-electron chi connectivity index (χ3n) is 3.20. The quantitative estimate of drug-likeness (QED) is 0.865. The highest BCUT2D eigenvalue weighted by Gasteiger charge is 2.09. The van der Waals surface area contributed by atoms with Crippen LogP contribution in [-0.4, -0.2) is 0 Å². The van der Waals surface area contributed by atoms with Gasteiger partial charge in [-0.3, -0.25) is 0 Å². The van der Waals surface area contributed by atoms with Crippen molar-refractivity contribution in [1.29, 1.82) is 0 Å². The van der Waals surface area contributed by atoms with Gasteiger partial charge in [0.1, 0.15) is 0 Å². The van der Waals surface area contributed by atoms with Gasteiger partial charge in [-0.25, -0.2) is 8.78 Å². The first-order valence-electron chi connectivity index (χ1n) is 6.41. The molecule has 0 amide bonds. The van der Waals surface area contributed by atoms with Crippen LogP contribution in [0.5, 0.6) is 0 Å². The third kappa shape index (κ3) is 3.86. The fraction of sp³-hybridized carbons (Fsp3) is 0.250. The van der Waals surface area contributed by atoms with Crippen LogP contribution in [0.4, 0.5) is 8.78 Å². The Balaban J connectivity index is 1.87. The van der Waals surface area contributed by atoms with Gasteiger partial charge < -0.3 is 5.73 Å². The Hall–Kier alpha value is -1.74. The molecule has 0 aliphatic carbocycles. The van der Waals surface area contributed by atoms with Crippen LogP contribution in [-0.2, 0) is 6.42 Å². The van der Waals surface area contributed by atoms with Crippen LogP contribution in [0, 0.1) is 11.6 Å². The van der Waals surface area contributed by atoms with Gasteiger partial charge in [-0.15, -0.1) is 0 Å². The lowest BCUT2D eigenvalue weighted by Crippen LogP contribution is -2.11. The minimum Gasteiger partial charge on any atom is -0.324 e. The maximum Gasteiger partial charge on any atom is 0.159 e. The van der Waals surface area contributed by atoms with Gasteiger partial charge in [-0.2, -0.15) is 0 Å². The van der Waals surface area contributed by atoms with Gasteiger partial charge >= 0.3 is 0 Å². The molecule has 2 aromatic rings. The lowest BCUT2D eigenvalue weighted by atomic mass is 10.00. The van der Waals surface area contributed by atoms with Gasteiger partial charge in [0.2, 0.25) is 0 Å². The molecule has 0 heterocycles. The van der Waals surface area contributed by atoms with Crippen LogP contribution < -0.4 is 5.73 Å². The molecule has 3 heteroatoms. The average Bonchev–Trinajstić information content (AvgIpc) is 2.43. The highest BCUT2D eigenvalue weighted by molar-refractivity contribution is 5.21. The lowest BCUT2D eigenvalue weighted by molar-refractivity contribution is 0.503. The van der Waals surface area contributed by atoms with Crippen molar-refractivity contribution in [2.24, 2.45) is 5.73 Å². The van der Waals surface area contributed by atoms with E-state index < -0.39 is 11.6 Å². The van der Waals surface area contributed by atoms with Crippen molar-refractivity contribution in [3.8, 4) is 0 Å². The molecule has 0 aliphatic rings. The zero-order valence-corrected chi connectivity index (χ0v) is 10.7. The van der Waals surface area contributed by atoms with Gasteiger partial charge in [0.05, 0.1) is 0 Å². The molecule has 1 nitrogen and oxygen atoms in total. The zero-order valence-electron chi connectivity index (χ0n) is 10.7. The molecule has 100 valence electrons. The maximum absolute atomic E-state index is 13.1. The van der Waals surface area contributed by atoms with Crippen LogP contribution in [0.25, 0.3) is 0 Å². The summed E-state index contributed by atoms with van der Waals surface area (Å²) in [7, 11) is 0. The van der Waals surface area contributed by atoms with E-state index in [-0.39, 0.29) is 6.04 Å². The molecule has 0 saturated carbocycles. The molecule has 0 aliphatic heterocycles. The van der Waals surface area contributed by atoms with E-state index in [0.717, 1.165) is 25.3 Å². The summed E-state index contributed by atoms with van der Waals surface area (Å²) in [4.78, 5) is 0. The number of halogens is 2. The van der Waals surface area contributed by atoms with Crippen LogP contribution in [0.2, 0.25) is 0 Å². The molecule has 2 N–H and O–H groups in total. The van der Waals surface area contributed by atoms with Crippen molar-refractivity contribution < 1.29 is 8.78 Å². The molecule has 0 bridgehead atoms. The van der Waals surface area contributed by atoms with Crippen molar-refractivity contribution in [2.45, 2.75) is 25.3 Å². The summed E-state index contributed by atoms with van der Waals surface area (Å²) in [6, 6.07) is 13.7. The Morgan fingerprint density at radius 3 is 2.37 bits per heavy atom. The summed E-state index contributed by atoms with van der Waals surface area (Å²) in [6.07, 6.45) is 2.61. The minimum atomic E-state index is -0.837. The van der Waals surface area contributed by atoms with E-state index in [4.69, 9.17) is 5.73 Å². The molecule has 2 rings (SSSR count). The summed E-state index contributed by atoms with van der Waals surface area (Å²) in [6.45, 7) is 0. The van der Waals surface area contributed by atoms with Crippen LogP contribution in [0.1, 0.15) is 30.0 Å². The summed E-state index contributed by atoms with van der Waals surface area (Å²) in [5.41, 5.74) is 7.90. The van der Waals surface area contributed by atoms with Crippen LogP contribution in [0.3, 0.4) is 0 Å². The van der Waals surface area contributed by atoms with Crippen molar-refractivity contribution in [2.75, 3.05) is 0 Å². The molecule has 0 radical (unpaired) electrons. The van der Waals surface area contributed by atoms with Gasteiger partial charge in [-0.1, -0.05) is 36.4 Å². The molecule has 0 aromatic heterocycles. The minimum absolute atomic E-state index is 0.251. The second-order valence-corrected chi connectivity index (χ2v) is 4.66. The fourth-order valence-electron chi connectivity index (χ4n) is 2.08. The Morgan fingerprint density at radius 2 is 1.68 bits per heavy atom. The van der Waals surface area contributed by atoms with E-state index in [1.54, 1.807) is 6.07 Å². The highest BCUT2D eigenvalue weighted by Crippen LogP contribution is 2.19. The molecule has 1 atom stereocenters. The second kappa shape index (κ2) is 6.43. The Kier molecular flexibility index (Phi) is 4.63. The summed E-state index contributed by atoms with van der Waals surface area (Å²) in [5.74, 6) is -1.67. The van der Waals surface area contributed by atoms with Crippen molar-refractivity contribution in [3.63, 3.8) is 0 Å². The molecule has 19 heavy (non-hydrogen) atoms. The monoisotopic (exact) mass is 261 g/mol. The van der Waals surface area contributed by atoms with Gasteiger partial charge in [0.25, 0.3) is 0 Å². The summed E-state index contributed by atoms with van der Waals surface area (Å²) >= 11 is 0. The standard InChI is InChI=1S/C16H17F2N/c17-14-10-9-13(11-15(14)18)16(19)8-4-7-12-5-2-1-3-6-12/h1-3,5-6,9-11,16H,4,7-8,19H2. The predicted molar refractivity (Wildman–Crippen MR) is 72.7 cm³/mol. The smallest absolute Gasteiger partial charge is 0.159 e. The number of hydrogen-bond acceptors (Lipinski definition) is 1. The largest absolute Gasteiger partial charge is 0.324 e. The first-order valence-corrected chi connectivity index (χ1v) is 6.41. The van der Waals surface area contributed by atoms with Crippen molar-refractivity contribution in [1.82, 2.24) is 0 Å². The normalized spacial score (nSPS) is 12.4. The lowest BCUT2D eigenvalue weighted by Gasteiger charge is -2.12. The van der Waals surface area contributed by atoms with Gasteiger partial charge in [0, 0.05) is 6.04 Å². The predicted octanol–water partition coefficient (Wildman–Crippen LogP) is 3.99. The van der Waals surface area contributed by atoms with E-state index >= 15 is 0 Å². The number of nitrogens with two attached hydrogens (primary N) is 1. The Labute approximate surface area is 112 Å². The number of aryl methyl sites for hydroxylation is 1. The number of hydrogen-bond donors (Lipinski definition) is 1. The first-order chi connectivity index (χ1) is 9.16.